The molecule has 0 saturated carbocycles. The van der Waals surface area contributed by atoms with Gasteiger partial charge in [-0.1, -0.05) is 23.2 Å². The maximum atomic E-state index is 12.9. The first-order chi connectivity index (χ1) is 13.6. The van der Waals surface area contributed by atoms with Crippen molar-refractivity contribution in [1.29, 1.82) is 0 Å². The molecule has 3 N–H and O–H groups in total. The SMILES string of the molecule is CC(C)(C)[S+]([O-])NC(c1cc2ccnc(Cl)c2s1)c1nc(NC(=O)O)ccc1Cl. The first-order valence-corrected chi connectivity index (χ1v) is 11.2. The van der Waals surface area contributed by atoms with Gasteiger partial charge in [-0.25, -0.2) is 14.8 Å². The van der Waals surface area contributed by atoms with E-state index in [9.17, 15) is 9.35 Å². The van der Waals surface area contributed by atoms with E-state index in [4.69, 9.17) is 28.3 Å². The van der Waals surface area contributed by atoms with E-state index in [2.05, 4.69) is 20.0 Å². The Kier molecular flexibility index (Phi) is 6.57. The Morgan fingerprint density at radius 2 is 2.03 bits per heavy atom. The highest BCUT2D eigenvalue weighted by molar-refractivity contribution is 7.90. The molecule has 2 atom stereocenters. The number of halogens is 2. The summed E-state index contributed by atoms with van der Waals surface area (Å²) in [7, 11) is 0. The number of thiophene rings is 1. The molecule has 2 unspecified atom stereocenters. The number of carboxylic acid groups (broad SMARTS) is 1. The van der Waals surface area contributed by atoms with E-state index in [-0.39, 0.29) is 5.82 Å². The largest absolute Gasteiger partial charge is 0.598 e. The highest BCUT2D eigenvalue weighted by atomic mass is 35.5. The molecule has 1 amide bonds. The van der Waals surface area contributed by atoms with Gasteiger partial charge in [0.25, 0.3) is 0 Å². The molecule has 29 heavy (non-hydrogen) atoms. The highest BCUT2D eigenvalue weighted by Gasteiger charge is 2.33. The van der Waals surface area contributed by atoms with Crippen LogP contribution in [0.4, 0.5) is 10.6 Å². The number of hydrogen-bond donors (Lipinski definition) is 3. The molecule has 3 aromatic rings. The third kappa shape index (κ3) is 5.11. The van der Waals surface area contributed by atoms with Gasteiger partial charge in [-0.2, -0.15) is 0 Å². The zero-order valence-electron chi connectivity index (χ0n) is 15.7. The molecular formula is C18H18Cl2N4O3S2. The molecule has 0 fully saturated rings. The Morgan fingerprint density at radius 1 is 1.31 bits per heavy atom. The van der Waals surface area contributed by atoms with Crippen LogP contribution in [0.1, 0.15) is 37.4 Å². The molecule has 0 aromatic carbocycles. The van der Waals surface area contributed by atoms with E-state index in [0.717, 1.165) is 15.0 Å². The van der Waals surface area contributed by atoms with Crippen LogP contribution in [0.2, 0.25) is 10.2 Å². The minimum Gasteiger partial charge on any atom is -0.598 e. The van der Waals surface area contributed by atoms with E-state index in [1.807, 2.05) is 32.9 Å². The number of amides is 1. The van der Waals surface area contributed by atoms with Gasteiger partial charge < -0.3 is 9.66 Å². The van der Waals surface area contributed by atoms with Crippen molar-refractivity contribution in [2.24, 2.45) is 0 Å². The molecule has 3 aromatic heterocycles. The van der Waals surface area contributed by atoms with Gasteiger partial charge in [0.2, 0.25) is 0 Å². The first kappa shape index (κ1) is 22.1. The molecule has 154 valence electrons. The van der Waals surface area contributed by atoms with Gasteiger partial charge >= 0.3 is 6.09 Å². The van der Waals surface area contributed by atoms with Crippen LogP contribution < -0.4 is 10.0 Å². The molecule has 11 heteroatoms. The highest BCUT2D eigenvalue weighted by Crippen LogP contribution is 2.38. The number of rotatable bonds is 5. The van der Waals surface area contributed by atoms with E-state index < -0.39 is 28.2 Å². The number of pyridine rings is 2. The van der Waals surface area contributed by atoms with Crippen molar-refractivity contribution in [3.63, 3.8) is 0 Å². The van der Waals surface area contributed by atoms with E-state index in [1.165, 1.54) is 17.4 Å². The quantitative estimate of drug-likeness (QED) is 0.346. The molecule has 0 aliphatic rings. The van der Waals surface area contributed by atoms with Crippen LogP contribution >= 0.6 is 34.5 Å². The second-order valence-electron chi connectivity index (χ2n) is 7.09. The second kappa shape index (κ2) is 8.63. The summed E-state index contributed by atoms with van der Waals surface area (Å²) < 4.78 is 16.2. The molecule has 0 saturated heterocycles. The second-order valence-corrected chi connectivity index (χ2v) is 10.9. The van der Waals surface area contributed by atoms with Crippen molar-refractivity contribution in [2.45, 2.75) is 31.6 Å². The van der Waals surface area contributed by atoms with E-state index >= 15 is 0 Å². The summed E-state index contributed by atoms with van der Waals surface area (Å²) in [5, 5.41) is 12.8. The summed E-state index contributed by atoms with van der Waals surface area (Å²) in [5.74, 6) is 0.117. The summed E-state index contributed by atoms with van der Waals surface area (Å²) in [6, 6.07) is 6.10. The van der Waals surface area contributed by atoms with Gasteiger partial charge in [-0.05, 0) is 50.4 Å². The van der Waals surface area contributed by atoms with Crippen molar-refractivity contribution in [2.75, 3.05) is 5.32 Å². The predicted molar refractivity (Wildman–Crippen MR) is 118 cm³/mol. The average molecular weight is 473 g/mol. The van der Waals surface area contributed by atoms with Crippen LogP contribution in [-0.4, -0.2) is 30.5 Å². The van der Waals surface area contributed by atoms with Crippen molar-refractivity contribution >= 4 is 67.9 Å². The molecule has 0 aliphatic carbocycles. The van der Waals surface area contributed by atoms with Gasteiger partial charge in [0.1, 0.15) is 21.8 Å². The molecule has 3 heterocycles. The third-order valence-electron chi connectivity index (χ3n) is 3.86. The Morgan fingerprint density at radius 3 is 2.66 bits per heavy atom. The third-order valence-corrected chi connectivity index (χ3v) is 7.36. The normalized spacial score (nSPS) is 14.0. The minimum atomic E-state index is -1.45. The van der Waals surface area contributed by atoms with Crippen LogP contribution in [0.25, 0.3) is 10.1 Å². The van der Waals surface area contributed by atoms with Gasteiger partial charge in [-0.15, -0.1) is 16.1 Å². The fourth-order valence-electron chi connectivity index (χ4n) is 2.47. The van der Waals surface area contributed by atoms with Gasteiger partial charge in [0.15, 0.2) is 0 Å². The Labute approximate surface area is 184 Å². The lowest BCUT2D eigenvalue weighted by molar-refractivity contribution is 0.209. The molecule has 0 bridgehead atoms. The summed E-state index contributed by atoms with van der Waals surface area (Å²) in [5.41, 5.74) is 0.353. The number of aromatic nitrogens is 2. The van der Waals surface area contributed by atoms with Gasteiger partial charge in [0, 0.05) is 22.4 Å². The predicted octanol–water partition coefficient (Wildman–Crippen LogP) is 5.23. The zero-order chi connectivity index (χ0) is 21.3. The molecule has 0 spiro atoms. The Hall–Kier alpha value is -1.62. The fraction of sp³-hybridized carbons (Fsp3) is 0.278. The molecule has 0 radical (unpaired) electrons. The Bertz CT molecular complexity index is 1060. The topological polar surface area (TPSA) is 110 Å². The zero-order valence-corrected chi connectivity index (χ0v) is 18.8. The number of anilines is 1. The van der Waals surface area contributed by atoms with Crippen LogP contribution in [-0.2, 0) is 11.4 Å². The molecule has 0 aliphatic heterocycles. The maximum absolute atomic E-state index is 12.9. The van der Waals surface area contributed by atoms with Crippen molar-refractivity contribution in [3.8, 4) is 0 Å². The fourth-order valence-corrected chi connectivity index (χ4v) is 4.93. The Balaban J connectivity index is 2.12. The lowest BCUT2D eigenvalue weighted by Gasteiger charge is -2.27. The number of nitrogens with zero attached hydrogens (tertiary/aromatic N) is 2. The number of nitrogens with one attached hydrogen (secondary N) is 2. The minimum absolute atomic E-state index is 0.117. The standard InChI is InChI=1S/C18H18Cl2N4O3S2/c1-18(2,3)29(27)24-14(11-8-9-6-7-21-16(20)15(9)28-11)13-10(19)4-5-12(22-13)23-17(25)26/h4-8,14,24H,1-3H3,(H,22,23)(H,25,26). The maximum Gasteiger partial charge on any atom is 0.410 e. The summed E-state index contributed by atoms with van der Waals surface area (Å²) in [6.07, 6.45) is 0.368. The first-order valence-electron chi connectivity index (χ1n) is 8.44. The lowest BCUT2D eigenvalue weighted by atomic mass is 10.1. The van der Waals surface area contributed by atoms with E-state index in [0.29, 0.717) is 15.9 Å². The molecule has 7 nitrogen and oxygen atoms in total. The molecule has 3 rings (SSSR count). The van der Waals surface area contributed by atoms with Gasteiger partial charge in [0.05, 0.1) is 15.4 Å². The van der Waals surface area contributed by atoms with Crippen LogP contribution in [0.15, 0.2) is 30.5 Å². The summed E-state index contributed by atoms with van der Waals surface area (Å²) in [6.45, 7) is 5.53. The number of carbonyl (C=O) groups is 1. The van der Waals surface area contributed by atoms with Crippen molar-refractivity contribution in [3.05, 3.63) is 51.2 Å². The number of fused-ring (bicyclic) bond motifs is 1. The lowest BCUT2D eigenvalue weighted by Crippen LogP contribution is -2.41. The van der Waals surface area contributed by atoms with Crippen molar-refractivity contribution < 1.29 is 14.5 Å². The van der Waals surface area contributed by atoms with Crippen LogP contribution in [0, 0.1) is 0 Å². The smallest absolute Gasteiger partial charge is 0.410 e. The summed E-state index contributed by atoms with van der Waals surface area (Å²) >= 11 is 12.5. The monoisotopic (exact) mass is 472 g/mol. The number of hydrogen-bond acceptors (Lipinski definition) is 6. The molecular weight excluding hydrogens is 455 g/mol. The van der Waals surface area contributed by atoms with Crippen LogP contribution in [0.5, 0.6) is 0 Å². The summed E-state index contributed by atoms with van der Waals surface area (Å²) in [4.78, 5) is 20.2. The van der Waals surface area contributed by atoms with Crippen molar-refractivity contribution in [1.82, 2.24) is 14.7 Å². The van der Waals surface area contributed by atoms with E-state index in [1.54, 1.807) is 12.3 Å². The van der Waals surface area contributed by atoms with Crippen LogP contribution in [0.3, 0.4) is 0 Å². The van der Waals surface area contributed by atoms with Gasteiger partial charge in [-0.3, -0.25) is 5.32 Å². The average Bonchev–Trinajstić information content (AvgIpc) is 3.05.